The number of rotatable bonds is 8. The number of aliphatic hydroxyl groups excluding tert-OH is 1. The van der Waals surface area contributed by atoms with Crippen LogP contribution in [0.2, 0.25) is 5.02 Å². The highest BCUT2D eigenvalue weighted by Crippen LogP contribution is 2.46. The van der Waals surface area contributed by atoms with Gasteiger partial charge in [-0.2, -0.15) is 22.7 Å². The van der Waals surface area contributed by atoms with E-state index in [2.05, 4.69) is 15.4 Å². The Morgan fingerprint density at radius 1 is 1.17 bits per heavy atom. The lowest BCUT2D eigenvalue weighted by atomic mass is 10.1. The second kappa shape index (κ2) is 12.3. The summed E-state index contributed by atoms with van der Waals surface area (Å²) in [6.07, 6.45) is -0.578. The normalized spacial score (nSPS) is 18.1. The predicted molar refractivity (Wildman–Crippen MR) is 163 cm³/mol. The fraction of sp³-hybridized carbons (Fsp3) is 0.500. The van der Waals surface area contributed by atoms with Crippen molar-refractivity contribution in [3.05, 3.63) is 56.7 Å². The SMILES string of the molecule is CCc1c(N2CCN(C(=O)C3(CO)CC3)CC2)c(=O)n2nc(C3=CCOCC3)nc2n1CC(=O)Nc1ccc(C(F)(F)F)cc1Cl. The highest BCUT2D eigenvalue weighted by atomic mass is 35.5. The molecule has 0 spiro atoms. The zero-order valence-corrected chi connectivity index (χ0v) is 25.8. The maximum absolute atomic E-state index is 14.1. The number of carbonyl (C=O) groups is 2. The second-order valence-electron chi connectivity index (χ2n) is 11.7. The first-order valence-corrected chi connectivity index (χ1v) is 15.4. The van der Waals surface area contributed by atoms with Gasteiger partial charge in [0.1, 0.15) is 12.2 Å². The van der Waals surface area contributed by atoms with Crippen LogP contribution in [0.25, 0.3) is 11.4 Å². The zero-order chi connectivity index (χ0) is 32.8. The molecular formula is C30H33ClF3N7O5. The summed E-state index contributed by atoms with van der Waals surface area (Å²) in [7, 11) is 0. The van der Waals surface area contributed by atoms with Crippen LogP contribution in [0.5, 0.6) is 0 Å². The molecule has 0 radical (unpaired) electrons. The number of aromatic nitrogens is 4. The van der Waals surface area contributed by atoms with Gasteiger partial charge in [0.15, 0.2) is 5.82 Å². The molecule has 12 nitrogen and oxygen atoms in total. The van der Waals surface area contributed by atoms with Crippen molar-refractivity contribution in [2.45, 2.75) is 45.3 Å². The molecule has 0 bridgehead atoms. The number of nitrogens with zero attached hydrogens (tertiary/aromatic N) is 6. The lowest BCUT2D eigenvalue weighted by Crippen LogP contribution is -2.53. The van der Waals surface area contributed by atoms with Gasteiger partial charge in [0.05, 0.1) is 47.2 Å². The van der Waals surface area contributed by atoms with Crippen molar-refractivity contribution >= 4 is 46.1 Å². The summed E-state index contributed by atoms with van der Waals surface area (Å²) in [5.41, 5.74) is -0.424. The van der Waals surface area contributed by atoms with Gasteiger partial charge in [-0.05, 0) is 49.5 Å². The van der Waals surface area contributed by atoms with E-state index < -0.39 is 28.6 Å². The molecule has 16 heteroatoms. The third-order valence-electron chi connectivity index (χ3n) is 8.78. The van der Waals surface area contributed by atoms with Gasteiger partial charge in [0, 0.05) is 26.2 Å². The Morgan fingerprint density at radius 2 is 1.91 bits per heavy atom. The number of carbonyl (C=O) groups excluding carboxylic acids is 2. The Bertz CT molecular complexity index is 1770. The predicted octanol–water partition coefficient (Wildman–Crippen LogP) is 2.99. The molecule has 246 valence electrons. The number of hydrogen-bond acceptors (Lipinski definition) is 8. The Balaban J connectivity index is 1.35. The second-order valence-corrected chi connectivity index (χ2v) is 12.1. The highest BCUT2D eigenvalue weighted by Gasteiger charge is 2.51. The fourth-order valence-corrected chi connectivity index (χ4v) is 6.21. The first-order chi connectivity index (χ1) is 22.0. The van der Waals surface area contributed by atoms with E-state index in [1.54, 1.807) is 9.47 Å². The number of benzene rings is 1. The van der Waals surface area contributed by atoms with Crippen LogP contribution in [0.3, 0.4) is 0 Å². The van der Waals surface area contributed by atoms with E-state index in [1.165, 1.54) is 4.52 Å². The molecule has 2 amide bonds. The van der Waals surface area contributed by atoms with Crippen LogP contribution >= 0.6 is 11.6 Å². The number of aliphatic hydroxyl groups is 1. The van der Waals surface area contributed by atoms with Gasteiger partial charge in [0.2, 0.25) is 17.6 Å². The van der Waals surface area contributed by atoms with Crippen molar-refractivity contribution in [2.24, 2.45) is 5.41 Å². The number of ether oxygens (including phenoxy) is 1. The number of fused-ring (bicyclic) bond motifs is 1. The van der Waals surface area contributed by atoms with E-state index >= 15 is 0 Å². The van der Waals surface area contributed by atoms with E-state index in [0.717, 1.165) is 23.8 Å². The molecule has 3 aromatic rings. The number of halogens is 4. The molecule has 0 unspecified atom stereocenters. The molecule has 2 fully saturated rings. The molecule has 6 rings (SSSR count). The summed E-state index contributed by atoms with van der Waals surface area (Å²) in [4.78, 5) is 48.7. The number of amides is 2. The number of nitrogens with one attached hydrogen (secondary N) is 1. The molecule has 2 aromatic heterocycles. The van der Waals surface area contributed by atoms with Crippen LogP contribution in [0.1, 0.15) is 43.3 Å². The topological polar surface area (TPSA) is 134 Å². The molecule has 1 aliphatic carbocycles. The highest BCUT2D eigenvalue weighted by molar-refractivity contribution is 6.33. The number of piperazine rings is 1. The van der Waals surface area contributed by atoms with E-state index in [1.807, 2.05) is 17.9 Å². The van der Waals surface area contributed by atoms with Crippen molar-refractivity contribution in [1.82, 2.24) is 24.1 Å². The third kappa shape index (κ3) is 5.98. The van der Waals surface area contributed by atoms with Crippen LogP contribution in [-0.2, 0) is 33.5 Å². The van der Waals surface area contributed by atoms with Crippen LogP contribution in [-0.4, -0.2) is 87.0 Å². The van der Waals surface area contributed by atoms with Gasteiger partial charge >= 0.3 is 6.18 Å². The minimum atomic E-state index is -4.59. The molecule has 1 aromatic carbocycles. The van der Waals surface area contributed by atoms with E-state index in [-0.39, 0.29) is 35.5 Å². The first-order valence-electron chi connectivity index (χ1n) is 15.1. The molecule has 2 aliphatic heterocycles. The van der Waals surface area contributed by atoms with Crippen LogP contribution in [0, 0.1) is 5.41 Å². The summed E-state index contributed by atoms with van der Waals surface area (Å²) in [6.45, 7) is 3.54. The Labute approximate surface area is 266 Å². The van der Waals surface area contributed by atoms with Crippen LogP contribution < -0.4 is 15.8 Å². The smallest absolute Gasteiger partial charge is 0.395 e. The van der Waals surface area contributed by atoms with Gasteiger partial charge in [0.25, 0.3) is 5.56 Å². The quantitative estimate of drug-likeness (QED) is 0.376. The summed E-state index contributed by atoms with van der Waals surface area (Å²) in [6, 6.07) is 2.66. The molecule has 1 saturated heterocycles. The van der Waals surface area contributed by atoms with Crippen molar-refractivity contribution in [3.8, 4) is 0 Å². The van der Waals surface area contributed by atoms with Gasteiger partial charge in [-0.25, -0.2) is 0 Å². The van der Waals surface area contributed by atoms with Crippen molar-refractivity contribution in [2.75, 3.05) is 56.2 Å². The van der Waals surface area contributed by atoms with E-state index in [9.17, 15) is 32.7 Å². The molecule has 2 N–H and O–H groups in total. The van der Waals surface area contributed by atoms with E-state index in [4.69, 9.17) is 16.3 Å². The van der Waals surface area contributed by atoms with Gasteiger partial charge in [-0.1, -0.05) is 24.6 Å². The third-order valence-corrected chi connectivity index (χ3v) is 9.09. The van der Waals surface area contributed by atoms with Crippen LogP contribution in [0.15, 0.2) is 29.1 Å². The summed E-state index contributed by atoms with van der Waals surface area (Å²) < 4.78 is 47.6. The molecule has 4 heterocycles. The van der Waals surface area contributed by atoms with E-state index in [0.29, 0.717) is 82.3 Å². The zero-order valence-electron chi connectivity index (χ0n) is 25.1. The average molecular weight is 664 g/mol. The lowest BCUT2D eigenvalue weighted by molar-refractivity contribution is -0.139. The van der Waals surface area contributed by atoms with Gasteiger partial charge < -0.3 is 29.5 Å². The molecule has 46 heavy (non-hydrogen) atoms. The number of alkyl halides is 3. The maximum atomic E-state index is 14.1. The monoisotopic (exact) mass is 663 g/mol. The number of hydrogen-bond donors (Lipinski definition) is 2. The first kappa shape index (κ1) is 32.0. The summed E-state index contributed by atoms with van der Waals surface area (Å²) in [5.74, 6) is -0.220. The molecule has 1 saturated carbocycles. The lowest BCUT2D eigenvalue weighted by Gasteiger charge is -2.38. The standard InChI is InChI=1S/C30H33ClF3N7O5/c1-2-22-24(38-9-11-39(12-10-38)27(45)29(17-42)7-8-29)26(44)41-28(36-25(37-41)18-5-13-46-14-6-18)40(22)16-23(43)35-21-4-3-19(15-20(21)31)30(32,33)34/h3-5,15,42H,2,6-14,16-17H2,1H3,(H,35,43). The van der Waals surface area contributed by atoms with Crippen molar-refractivity contribution < 1.29 is 32.6 Å². The number of anilines is 2. The van der Waals surface area contributed by atoms with Gasteiger partial charge in [-0.15, -0.1) is 5.10 Å². The van der Waals surface area contributed by atoms with Crippen LogP contribution in [0.4, 0.5) is 24.5 Å². The Kier molecular flexibility index (Phi) is 8.59. The molecular weight excluding hydrogens is 631 g/mol. The Morgan fingerprint density at radius 3 is 2.50 bits per heavy atom. The van der Waals surface area contributed by atoms with Crippen molar-refractivity contribution in [3.63, 3.8) is 0 Å². The van der Waals surface area contributed by atoms with Crippen molar-refractivity contribution in [1.29, 1.82) is 0 Å². The Hall–Kier alpha value is -3.95. The minimum absolute atomic E-state index is 0.00150. The maximum Gasteiger partial charge on any atom is 0.416 e. The summed E-state index contributed by atoms with van der Waals surface area (Å²) >= 11 is 6.09. The molecule has 0 atom stereocenters. The van der Waals surface area contributed by atoms with Gasteiger partial charge in [-0.3, -0.25) is 14.4 Å². The summed E-state index contributed by atoms with van der Waals surface area (Å²) in [5, 5.41) is 16.6. The minimum Gasteiger partial charge on any atom is -0.395 e. The largest absolute Gasteiger partial charge is 0.416 e. The fourth-order valence-electron chi connectivity index (χ4n) is 5.98. The average Bonchev–Trinajstić information content (AvgIpc) is 3.72. The molecule has 3 aliphatic rings.